The van der Waals surface area contributed by atoms with Crippen molar-refractivity contribution in [2.24, 2.45) is 16.1 Å². The van der Waals surface area contributed by atoms with E-state index < -0.39 is 6.04 Å². The summed E-state index contributed by atoms with van der Waals surface area (Å²) in [6, 6.07) is -0.461. The van der Waals surface area contributed by atoms with Crippen LogP contribution in [-0.4, -0.2) is 24.5 Å². The molecule has 1 unspecified atom stereocenters. The number of hydrogen-bond donors (Lipinski definition) is 2. The molecule has 1 atom stereocenters. The molecule has 74 valence electrons. The first-order chi connectivity index (χ1) is 5.96. The standard InChI is InChI=1S/C10H18N2O/c1-5-10(2,3)6-9(12-4)8(11)7-13/h5-6,8,13H,1,4,7,11H2,2-3H3/b9-6-. The monoisotopic (exact) mass is 182 g/mol. The van der Waals surface area contributed by atoms with Crippen molar-refractivity contribution in [3.05, 3.63) is 24.4 Å². The van der Waals surface area contributed by atoms with Gasteiger partial charge in [0.25, 0.3) is 0 Å². The van der Waals surface area contributed by atoms with Crippen molar-refractivity contribution in [2.45, 2.75) is 19.9 Å². The molecule has 0 aromatic heterocycles. The minimum Gasteiger partial charge on any atom is -0.394 e. The maximum Gasteiger partial charge on any atom is 0.0701 e. The Balaban J connectivity index is 4.75. The Bertz CT molecular complexity index is 219. The van der Waals surface area contributed by atoms with E-state index in [1.165, 1.54) is 0 Å². The van der Waals surface area contributed by atoms with Crippen molar-refractivity contribution in [2.75, 3.05) is 6.61 Å². The van der Waals surface area contributed by atoms with Crippen LogP contribution in [0.15, 0.2) is 29.4 Å². The van der Waals surface area contributed by atoms with Crippen LogP contribution in [-0.2, 0) is 0 Å². The third-order valence-corrected chi connectivity index (χ3v) is 1.81. The lowest BCUT2D eigenvalue weighted by molar-refractivity contribution is 0.278. The summed E-state index contributed by atoms with van der Waals surface area (Å²) >= 11 is 0. The van der Waals surface area contributed by atoms with E-state index in [9.17, 15) is 0 Å². The third kappa shape index (κ3) is 4.01. The van der Waals surface area contributed by atoms with Gasteiger partial charge in [0, 0.05) is 5.41 Å². The van der Waals surface area contributed by atoms with Gasteiger partial charge in [-0.15, -0.1) is 6.58 Å². The van der Waals surface area contributed by atoms with Crippen LogP contribution in [0.4, 0.5) is 0 Å². The molecule has 0 aromatic rings. The molecule has 0 saturated carbocycles. The van der Waals surface area contributed by atoms with Crippen molar-refractivity contribution >= 4 is 6.72 Å². The van der Waals surface area contributed by atoms with Gasteiger partial charge < -0.3 is 10.8 Å². The van der Waals surface area contributed by atoms with Crippen molar-refractivity contribution in [1.82, 2.24) is 0 Å². The van der Waals surface area contributed by atoms with Gasteiger partial charge in [0.2, 0.25) is 0 Å². The quantitative estimate of drug-likeness (QED) is 0.494. The van der Waals surface area contributed by atoms with Crippen molar-refractivity contribution in [1.29, 1.82) is 0 Å². The van der Waals surface area contributed by atoms with E-state index in [2.05, 4.69) is 18.3 Å². The molecule has 3 nitrogen and oxygen atoms in total. The Hall–Kier alpha value is -0.930. The highest BCUT2D eigenvalue weighted by Gasteiger charge is 2.13. The predicted molar refractivity (Wildman–Crippen MR) is 56.7 cm³/mol. The average molecular weight is 182 g/mol. The summed E-state index contributed by atoms with van der Waals surface area (Å²) in [6.07, 6.45) is 3.65. The normalized spacial score (nSPS) is 15.2. The highest BCUT2D eigenvalue weighted by atomic mass is 16.3. The Morgan fingerprint density at radius 3 is 2.54 bits per heavy atom. The van der Waals surface area contributed by atoms with Crippen molar-refractivity contribution < 1.29 is 5.11 Å². The van der Waals surface area contributed by atoms with Gasteiger partial charge >= 0.3 is 0 Å². The first-order valence-electron chi connectivity index (χ1n) is 4.16. The zero-order valence-corrected chi connectivity index (χ0v) is 8.33. The van der Waals surface area contributed by atoms with Crippen LogP contribution in [0.2, 0.25) is 0 Å². The predicted octanol–water partition coefficient (Wildman–Crippen LogP) is 1.10. The summed E-state index contributed by atoms with van der Waals surface area (Å²) < 4.78 is 0. The molecular formula is C10H18N2O. The van der Waals surface area contributed by atoms with Crippen LogP contribution < -0.4 is 5.73 Å². The lowest BCUT2D eigenvalue weighted by Gasteiger charge is -2.17. The number of allylic oxidation sites excluding steroid dienone is 2. The van der Waals surface area contributed by atoms with E-state index in [0.717, 1.165) is 0 Å². The zero-order valence-electron chi connectivity index (χ0n) is 8.33. The highest BCUT2D eigenvalue weighted by Crippen LogP contribution is 2.21. The molecule has 3 heteroatoms. The highest BCUT2D eigenvalue weighted by molar-refractivity contribution is 5.32. The summed E-state index contributed by atoms with van der Waals surface area (Å²) in [7, 11) is 0. The molecule has 0 aromatic carbocycles. The van der Waals surface area contributed by atoms with Gasteiger partial charge in [0.1, 0.15) is 0 Å². The molecule has 0 aliphatic rings. The van der Waals surface area contributed by atoms with Crippen molar-refractivity contribution in [3.63, 3.8) is 0 Å². The molecular weight excluding hydrogens is 164 g/mol. The molecule has 0 radical (unpaired) electrons. The number of aliphatic hydroxyl groups excluding tert-OH is 1. The summed E-state index contributed by atoms with van der Waals surface area (Å²) in [5.41, 5.74) is 6.03. The van der Waals surface area contributed by atoms with Crippen LogP contribution in [0.3, 0.4) is 0 Å². The molecule has 0 bridgehead atoms. The SMILES string of the molecule is C=CC(C)(C)/C=C(\N=C)C(N)CO. The fourth-order valence-corrected chi connectivity index (χ4v) is 0.804. The van der Waals surface area contributed by atoms with Crippen LogP contribution in [0, 0.1) is 5.41 Å². The van der Waals surface area contributed by atoms with Crippen LogP contribution >= 0.6 is 0 Å². The summed E-state index contributed by atoms with van der Waals surface area (Å²) in [4.78, 5) is 3.77. The summed E-state index contributed by atoms with van der Waals surface area (Å²) in [6.45, 7) is 10.9. The van der Waals surface area contributed by atoms with Gasteiger partial charge in [-0.25, -0.2) is 0 Å². The second-order valence-electron chi connectivity index (χ2n) is 3.54. The number of aliphatic hydroxyl groups is 1. The summed E-state index contributed by atoms with van der Waals surface area (Å²) in [5.74, 6) is 0. The zero-order chi connectivity index (χ0) is 10.5. The molecule has 0 heterocycles. The van der Waals surface area contributed by atoms with Gasteiger partial charge in [-0.2, -0.15) is 0 Å². The maximum absolute atomic E-state index is 8.83. The molecule has 13 heavy (non-hydrogen) atoms. The average Bonchev–Trinajstić information content (AvgIpc) is 2.13. The number of aliphatic imine (C=N–C) groups is 1. The molecule has 0 spiro atoms. The van der Waals surface area contributed by atoms with Crippen LogP contribution in [0.1, 0.15) is 13.8 Å². The van der Waals surface area contributed by atoms with Crippen molar-refractivity contribution in [3.8, 4) is 0 Å². The number of nitrogens with two attached hydrogens (primary N) is 1. The molecule has 0 aliphatic carbocycles. The van der Waals surface area contributed by atoms with E-state index in [1.807, 2.05) is 19.9 Å². The van der Waals surface area contributed by atoms with E-state index >= 15 is 0 Å². The van der Waals surface area contributed by atoms with Gasteiger partial charge in [0.15, 0.2) is 0 Å². The topological polar surface area (TPSA) is 58.6 Å². The fourth-order valence-electron chi connectivity index (χ4n) is 0.804. The van der Waals surface area contributed by atoms with Gasteiger partial charge in [-0.1, -0.05) is 26.0 Å². The molecule has 0 aliphatic heterocycles. The maximum atomic E-state index is 8.83. The Morgan fingerprint density at radius 1 is 1.69 bits per heavy atom. The minimum atomic E-state index is -0.461. The third-order valence-electron chi connectivity index (χ3n) is 1.81. The Labute approximate surface area is 79.7 Å². The van der Waals surface area contributed by atoms with Crippen LogP contribution in [0.5, 0.6) is 0 Å². The first kappa shape index (κ1) is 12.1. The molecule has 0 amide bonds. The second kappa shape index (κ2) is 4.94. The fraction of sp³-hybridized carbons (Fsp3) is 0.500. The molecule has 0 rings (SSSR count). The second-order valence-corrected chi connectivity index (χ2v) is 3.54. The lowest BCUT2D eigenvalue weighted by atomic mass is 9.91. The van der Waals surface area contributed by atoms with E-state index in [-0.39, 0.29) is 12.0 Å². The van der Waals surface area contributed by atoms with E-state index in [4.69, 9.17) is 10.8 Å². The molecule has 0 saturated heterocycles. The van der Waals surface area contributed by atoms with E-state index in [0.29, 0.717) is 5.70 Å². The van der Waals surface area contributed by atoms with E-state index in [1.54, 1.807) is 6.08 Å². The minimum absolute atomic E-state index is 0.127. The van der Waals surface area contributed by atoms with Crippen LogP contribution in [0.25, 0.3) is 0 Å². The molecule has 3 N–H and O–H groups in total. The van der Waals surface area contributed by atoms with Gasteiger partial charge in [-0.05, 0) is 6.72 Å². The number of rotatable bonds is 5. The first-order valence-corrected chi connectivity index (χ1v) is 4.16. The molecule has 0 fully saturated rings. The largest absolute Gasteiger partial charge is 0.394 e. The number of hydrogen-bond acceptors (Lipinski definition) is 3. The number of nitrogens with zero attached hydrogens (tertiary/aromatic N) is 1. The Morgan fingerprint density at radius 2 is 2.23 bits per heavy atom. The smallest absolute Gasteiger partial charge is 0.0701 e. The van der Waals surface area contributed by atoms with Gasteiger partial charge in [0.05, 0.1) is 18.3 Å². The lowest BCUT2D eigenvalue weighted by Crippen LogP contribution is -2.27. The Kier molecular flexibility index (Phi) is 4.59. The summed E-state index contributed by atoms with van der Waals surface area (Å²) in [5, 5.41) is 8.83. The van der Waals surface area contributed by atoms with Gasteiger partial charge in [-0.3, -0.25) is 4.99 Å².